The summed E-state index contributed by atoms with van der Waals surface area (Å²) in [6.45, 7) is 0.664. The van der Waals surface area contributed by atoms with Gasteiger partial charge in [-0.15, -0.1) is 0 Å². The van der Waals surface area contributed by atoms with Crippen molar-refractivity contribution in [2.45, 2.75) is 50.5 Å². The lowest BCUT2D eigenvalue weighted by molar-refractivity contribution is -0.293. The second-order valence-electron chi connectivity index (χ2n) is 10.6. The predicted octanol–water partition coefficient (Wildman–Crippen LogP) is 4.76. The van der Waals surface area contributed by atoms with Gasteiger partial charge in [-0.3, -0.25) is 14.5 Å². The van der Waals surface area contributed by atoms with Crippen molar-refractivity contribution in [2.75, 3.05) is 6.61 Å². The third kappa shape index (κ3) is 6.44. The zero-order valence-corrected chi connectivity index (χ0v) is 23.5. The SMILES string of the molecule is O=C1c2ccccc2C(=O)N1[C@H]1[C@H](OCc2ccccc2)O[C@H](COCc2ccccc2)[C@@H](O)[C@@H]1OCc1ccccc1. The summed E-state index contributed by atoms with van der Waals surface area (Å²) < 4.78 is 25.0. The topological polar surface area (TPSA) is 94.5 Å². The van der Waals surface area contributed by atoms with Crippen LogP contribution in [0.3, 0.4) is 0 Å². The molecule has 8 nitrogen and oxygen atoms in total. The maximum absolute atomic E-state index is 13.7. The molecule has 2 aliphatic heterocycles. The third-order valence-corrected chi connectivity index (χ3v) is 7.70. The first kappa shape index (κ1) is 28.9. The number of ether oxygens (including phenoxy) is 4. The van der Waals surface area contributed by atoms with Gasteiger partial charge in [-0.1, -0.05) is 103 Å². The Bertz CT molecular complexity index is 1480. The van der Waals surface area contributed by atoms with E-state index in [4.69, 9.17) is 18.9 Å². The van der Waals surface area contributed by atoms with E-state index >= 15 is 0 Å². The summed E-state index contributed by atoms with van der Waals surface area (Å²) in [5.74, 6) is -0.969. The zero-order valence-electron chi connectivity index (χ0n) is 23.5. The second kappa shape index (κ2) is 13.4. The first-order chi connectivity index (χ1) is 21.1. The first-order valence-corrected chi connectivity index (χ1v) is 14.3. The van der Waals surface area contributed by atoms with Crippen molar-refractivity contribution in [2.24, 2.45) is 0 Å². The van der Waals surface area contributed by atoms with Gasteiger partial charge in [0.2, 0.25) is 0 Å². The monoisotopic (exact) mass is 579 g/mol. The maximum atomic E-state index is 13.7. The molecule has 0 bridgehead atoms. The molecule has 1 fully saturated rings. The maximum Gasteiger partial charge on any atom is 0.262 e. The number of hydrogen-bond acceptors (Lipinski definition) is 7. The fraction of sp³-hybridized carbons (Fsp3) is 0.257. The number of carbonyl (C=O) groups is 2. The Balaban J connectivity index is 1.31. The first-order valence-electron chi connectivity index (χ1n) is 14.3. The van der Waals surface area contributed by atoms with Gasteiger partial charge < -0.3 is 24.1 Å². The van der Waals surface area contributed by atoms with Crippen molar-refractivity contribution in [1.82, 2.24) is 4.90 Å². The van der Waals surface area contributed by atoms with Gasteiger partial charge in [-0.2, -0.15) is 0 Å². The van der Waals surface area contributed by atoms with Crippen LogP contribution in [-0.4, -0.2) is 59.1 Å². The van der Waals surface area contributed by atoms with Crippen LogP contribution in [-0.2, 0) is 38.8 Å². The van der Waals surface area contributed by atoms with Crippen LogP contribution in [0.25, 0.3) is 0 Å². The second-order valence-corrected chi connectivity index (χ2v) is 10.6. The molecule has 4 aromatic rings. The normalized spacial score (nSPS) is 23.4. The van der Waals surface area contributed by atoms with Crippen molar-refractivity contribution >= 4 is 11.8 Å². The summed E-state index contributed by atoms with van der Waals surface area (Å²) in [7, 11) is 0. The Hall–Kier alpha value is -4.18. The number of aliphatic hydroxyl groups is 1. The number of amides is 2. The van der Waals surface area contributed by atoms with Gasteiger partial charge in [0.15, 0.2) is 6.29 Å². The number of imide groups is 1. The number of hydrogen-bond donors (Lipinski definition) is 1. The molecule has 2 heterocycles. The summed E-state index contributed by atoms with van der Waals surface area (Å²) in [6.07, 6.45) is -4.21. The molecule has 1 N–H and O–H groups in total. The van der Waals surface area contributed by atoms with Crippen LogP contribution >= 0.6 is 0 Å². The van der Waals surface area contributed by atoms with Crippen molar-refractivity contribution in [3.63, 3.8) is 0 Å². The predicted molar refractivity (Wildman–Crippen MR) is 158 cm³/mol. The fourth-order valence-electron chi connectivity index (χ4n) is 5.51. The van der Waals surface area contributed by atoms with E-state index in [0.717, 1.165) is 21.6 Å². The van der Waals surface area contributed by atoms with Crippen molar-refractivity contribution in [3.05, 3.63) is 143 Å². The van der Waals surface area contributed by atoms with Crippen LogP contribution in [0, 0.1) is 0 Å². The average Bonchev–Trinajstić information content (AvgIpc) is 3.30. The molecule has 0 aliphatic carbocycles. The van der Waals surface area contributed by atoms with Gasteiger partial charge in [-0.25, -0.2) is 0 Å². The molecule has 0 radical (unpaired) electrons. The van der Waals surface area contributed by atoms with E-state index in [9.17, 15) is 14.7 Å². The summed E-state index contributed by atoms with van der Waals surface area (Å²) in [5.41, 5.74) is 3.32. The highest BCUT2D eigenvalue weighted by molar-refractivity contribution is 6.21. The Labute approximate surface area is 250 Å². The Morgan fingerprint density at radius 3 is 1.63 bits per heavy atom. The van der Waals surface area contributed by atoms with Gasteiger partial charge in [0.05, 0.1) is 37.6 Å². The van der Waals surface area contributed by atoms with Crippen molar-refractivity contribution in [3.8, 4) is 0 Å². The lowest BCUT2D eigenvalue weighted by Gasteiger charge is -2.46. The van der Waals surface area contributed by atoms with Gasteiger partial charge in [-0.05, 0) is 28.8 Å². The van der Waals surface area contributed by atoms with E-state index in [1.54, 1.807) is 24.3 Å². The molecule has 5 atom stereocenters. The Morgan fingerprint density at radius 1 is 0.628 bits per heavy atom. The van der Waals surface area contributed by atoms with E-state index < -0.39 is 42.5 Å². The van der Waals surface area contributed by atoms with E-state index in [1.165, 1.54) is 0 Å². The highest BCUT2D eigenvalue weighted by Crippen LogP contribution is 2.35. The molecule has 0 saturated carbocycles. The molecule has 8 heteroatoms. The van der Waals surface area contributed by atoms with Crippen LogP contribution in [0.15, 0.2) is 115 Å². The highest BCUT2D eigenvalue weighted by Gasteiger charge is 2.54. The number of fused-ring (bicyclic) bond motifs is 1. The summed E-state index contributed by atoms with van der Waals surface area (Å²) in [6, 6.07) is 34.3. The summed E-state index contributed by atoms with van der Waals surface area (Å²) >= 11 is 0. The van der Waals surface area contributed by atoms with Gasteiger partial charge in [0.1, 0.15) is 24.4 Å². The molecule has 4 aromatic carbocycles. The largest absolute Gasteiger partial charge is 0.388 e. The van der Waals surface area contributed by atoms with E-state index in [2.05, 4.69) is 0 Å². The van der Waals surface area contributed by atoms with Gasteiger partial charge in [0.25, 0.3) is 11.8 Å². The number of aliphatic hydroxyl groups excluding tert-OH is 1. The Morgan fingerprint density at radius 2 is 1.09 bits per heavy atom. The number of carbonyl (C=O) groups excluding carboxylic acids is 2. The summed E-state index contributed by atoms with van der Waals surface area (Å²) in [4.78, 5) is 28.5. The minimum absolute atomic E-state index is 0.0429. The van der Waals surface area contributed by atoms with Crippen LogP contribution in [0.2, 0.25) is 0 Å². The van der Waals surface area contributed by atoms with Gasteiger partial charge >= 0.3 is 0 Å². The molecule has 0 aromatic heterocycles. The molecule has 0 spiro atoms. The average molecular weight is 580 g/mol. The van der Waals surface area contributed by atoms with Crippen LogP contribution < -0.4 is 0 Å². The van der Waals surface area contributed by atoms with Crippen molar-refractivity contribution in [1.29, 1.82) is 0 Å². The lowest BCUT2D eigenvalue weighted by Crippen LogP contribution is -2.66. The number of nitrogens with zero attached hydrogens (tertiary/aromatic N) is 1. The Kier molecular flexibility index (Phi) is 9.02. The van der Waals surface area contributed by atoms with Crippen LogP contribution in [0.4, 0.5) is 0 Å². The lowest BCUT2D eigenvalue weighted by atomic mass is 9.95. The molecule has 220 valence electrons. The quantitative estimate of drug-likeness (QED) is 0.256. The van der Waals surface area contributed by atoms with E-state index in [-0.39, 0.29) is 19.8 Å². The van der Waals surface area contributed by atoms with Crippen LogP contribution in [0.5, 0.6) is 0 Å². The van der Waals surface area contributed by atoms with Crippen molar-refractivity contribution < 1.29 is 33.6 Å². The zero-order chi connectivity index (χ0) is 29.6. The standard InChI is InChI=1S/C35H33NO7/c37-31-29(23-40-20-24-12-4-1-5-13-24)43-35(42-22-26-16-8-3-9-17-26)30(32(31)41-21-25-14-6-2-7-15-25)36-33(38)27-18-10-11-19-28(27)34(36)39/h1-19,29-32,35,37H,20-23H2/t29-,30-,31-,32-,35-/m1/s1. The third-order valence-electron chi connectivity index (χ3n) is 7.70. The molecule has 2 aliphatic rings. The number of benzene rings is 4. The smallest absolute Gasteiger partial charge is 0.262 e. The number of rotatable bonds is 11. The molecule has 0 unspecified atom stereocenters. The summed E-state index contributed by atoms with van der Waals surface area (Å²) in [5, 5.41) is 11.7. The fourth-order valence-corrected chi connectivity index (χ4v) is 5.51. The molecular weight excluding hydrogens is 546 g/mol. The highest BCUT2D eigenvalue weighted by atomic mass is 16.7. The molecule has 43 heavy (non-hydrogen) atoms. The minimum Gasteiger partial charge on any atom is -0.388 e. The minimum atomic E-state index is -1.23. The molecule has 2 amide bonds. The molecule has 6 rings (SSSR count). The van der Waals surface area contributed by atoms with Crippen LogP contribution in [0.1, 0.15) is 37.4 Å². The molecular formula is C35H33NO7. The van der Waals surface area contributed by atoms with Gasteiger partial charge in [0, 0.05) is 0 Å². The molecule has 1 saturated heterocycles. The van der Waals surface area contributed by atoms with E-state index in [0.29, 0.717) is 17.7 Å². The van der Waals surface area contributed by atoms with E-state index in [1.807, 2.05) is 91.0 Å².